The van der Waals surface area contributed by atoms with E-state index in [4.69, 9.17) is 4.74 Å². The molecule has 1 aliphatic heterocycles. The van der Waals surface area contributed by atoms with Crippen LogP contribution in [0.25, 0.3) is 0 Å². The van der Waals surface area contributed by atoms with Crippen LogP contribution in [0.1, 0.15) is 32.1 Å². The molecule has 20 heavy (non-hydrogen) atoms. The molecule has 0 radical (unpaired) electrons. The summed E-state index contributed by atoms with van der Waals surface area (Å²) in [5, 5.41) is 3.13. The van der Waals surface area contributed by atoms with Crippen LogP contribution in [-0.4, -0.2) is 26.6 Å². The van der Waals surface area contributed by atoms with E-state index in [-0.39, 0.29) is 11.3 Å². The Bertz CT molecular complexity index is 521. The van der Waals surface area contributed by atoms with Gasteiger partial charge in [0.25, 0.3) is 0 Å². The van der Waals surface area contributed by atoms with Crippen LogP contribution in [0.2, 0.25) is 0 Å². The molecule has 1 amide bonds. The lowest BCUT2D eigenvalue weighted by atomic mass is 9.73. The topological polar surface area (TPSA) is 41.6 Å². The van der Waals surface area contributed by atoms with E-state index in [2.05, 4.69) is 17.3 Å². The second-order valence-electron chi connectivity index (χ2n) is 6.03. The molecule has 0 aromatic heterocycles. The Morgan fingerprint density at radius 3 is 2.70 bits per heavy atom. The lowest BCUT2D eigenvalue weighted by Gasteiger charge is -2.36. The third-order valence-electron chi connectivity index (χ3n) is 4.70. The van der Waals surface area contributed by atoms with Crippen molar-refractivity contribution in [3.05, 3.63) is 18.2 Å². The van der Waals surface area contributed by atoms with Crippen LogP contribution in [0.3, 0.4) is 0 Å². The fraction of sp³-hybridized carbons (Fsp3) is 0.562. The highest BCUT2D eigenvalue weighted by Gasteiger charge is 2.42. The molecule has 0 unspecified atom stereocenters. The van der Waals surface area contributed by atoms with Gasteiger partial charge in [0.05, 0.1) is 23.9 Å². The molecule has 1 fully saturated rings. The van der Waals surface area contributed by atoms with Gasteiger partial charge in [0.1, 0.15) is 5.75 Å². The zero-order chi connectivity index (χ0) is 14.2. The first kappa shape index (κ1) is 13.3. The minimum atomic E-state index is -0.223. The van der Waals surface area contributed by atoms with E-state index < -0.39 is 0 Å². The first-order valence-electron chi connectivity index (χ1n) is 7.35. The maximum atomic E-state index is 12.7. The normalized spacial score (nSPS) is 21.1. The van der Waals surface area contributed by atoms with Crippen molar-refractivity contribution in [2.24, 2.45) is 5.41 Å². The minimum Gasteiger partial charge on any atom is -0.497 e. The highest BCUT2D eigenvalue weighted by atomic mass is 16.5. The van der Waals surface area contributed by atoms with Crippen LogP contribution in [0.4, 0.5) is 11.4 Å². The lowest BCUT2D eigenvalue weighted by Crippen LogP contribution is -2.44. The Morgan fingerprint density at radius 2 is 2.00 bits per heavy atom. The van der Waals surface area contributed by atoms with Gasteiger partial charge in [-0.05, 0) is 25.0 Å². The number of benzene rings is 1. The number of nitrogens with one attached hydrogen (secondary N) is 1. The number of amides is 1. The summed E-state index contributed by atoms with van der Waals surface area (Å²) in [4.78, 5) is 14.9. The van der Waals surface area contributed by atoms with Gasteiger partial charge in [0, 0.05) is 19.7 Å². The summed E-state index contributed by atoms with van der Waals surface area (Å²) in [5.74, 6) is 1.01. The Labute approximate surface area is 120 Å². The molecule has 1 heterocycles. The average Bonchev–Trinajstić information content (AvgIpc) is 2.56. The number of hydrogen-bond donors (Lipinski definition) is 1. The summed E-state index contributed by atoms with van der Waals surface area (Å²) >= 11 is 0. The molecular weight excluding hydrogens is 252 g/mol. The van der Waals surface area contributed by atoms with Crippen molar-refractivity contribution in [3.8, 4) is 5.75 Å². The van der Waals surface area contributed by atoms with Crippen molar-refractivity contribution in [1.29, 1.82) is 0 Å². The molecule has 3 rings (SSSR count). The zero-order valence-electron chi connectivity index (χ0n) is 12.2. The number of methoxy groups -OCH3 is 1. The van der Waals surface area contributed by atoms with Crippen LogP contribution in [0.15, 0.2) is 18.2 Å². The number of ether oxygens (including phenoxy) is 1. The Hall–Kier alpha value is -1.71. The molecule has 2 aliphatic rings. The van der Waals surface area contributed by atoms with Crippen molar-refractivity contribution in [2.75, 3.05) is 30.9 Å². The molecule has 4 nitrogen and oxygen atoms in total. The molecule has 1 aliphatic carbocycles. The molecule has 1 saturated carbocycles. The lowest BCUT2D eigenvalue weighted by molar-refractivity contribution is -0.126. The maximum Gasteiger partial charge on any atom is 0.232 e. The number of rotatable bonds is 1. The van der Waals surface area contributed by atoms with Crippen molar-refractivity contribution >= 4 is 17.3 Å². The fourth-order valence-electron chi connectivity index (χ4n) is 3.54. The third kappa shape index (κ3) is 2.13. The van der Waals surface area contributed by atoms with E-state index in [1.807, 2.05) is 18.2 Å². The molecule has 0 atom stereocenters. The summed E-state index contributed by atoms with van der Waals surface area (Å²) in [5.41, 5.74) is 1.71. The Morgan fingerprint density at radius 1 is 1.25 bits per heavy atom. The van der Waals surface area contributed by atoms with Crippen molar-refractivity contribution < 1.29 is 9.53 Å². The first-order chi connectivity index (χ1) is 9.64. The van der Waals surface area contributed by atoms with E-state index >= 15 is 0 Å². The first-order valence-corrected chi connectivity index (χ1v) is 7.35. The van der Waals surface area contributed by atoms with Crippen molar-refractivity contribution in [3.63, 3.8) is 0 Å². The molecule has 1 aromatic carbocycles. The van der Waals surface area contributed by atoms with Gasteiger partial charge in [-0.2, -0.15) is 0 Å². The van der Waals surface area contributed by atoms with Crippen LogP contribution < -0.4 is 15.0 Å². The number of anilines is 2. The van der Waals surface area contributed by atoms with E-state index in [1.54, 1.807) is 7.11 Å². The highest BCUT2D eigenvalue weighted by Crippen LogP contribution is 2.43. The second kappa shape index (κ2) is 5.00. The Kier molecular flexibility index (Phi) is 3.32. The van der Waals surface area contributed by atoms with E-state index in [9.17, 15) is 4.79 Å². The van der Waals surface area contributed by atoms with Gasteiger partial charge in [-0.1, -0.05) is 19.3 Å². The summed E-state index contributed by atoms with van der Waals surface area (Å²) < 4.78 is 5.29. The smallest absolute Gasteiger partial charge is 0.232 e. The van der Waals surface area contributed by atoms with Crippen molar-refractivity contribution in [2.45, 2.75) is 32.1 Å². The molecule has 1 aromatic rings. The van der Waals surface area contributed by atoms with E-state index in [0.29, 0.717) is 0 Å². The van der Waals surface area contributed by atoms with Crippen LogP contribution in [-0.2, 0) is 4.79 Å². The van der Waals surface area contributed by atoms with E-state index in [0.717, 1.165) is 49.4 Å². The summed E-state index contributed by atoms with van der Waals surface area (Å²) in [7, 11) is 3.73. The van der Waals surface area contributed by atoms with Crippen LogP contribution >= 0.6 is 0 Å². The monoisotopic (exact) mass is 274 g/mol. The molecular formula is C16H22N2O2. The number of fused-ring (bicyclic) bond motifs is 1. The largest absolute Gasteiger partial charge is 0.497 e. The van der Waals surface area contributed by atoms with Gasteiger partial charge in [-0.15, -0.1) is 0 Å². The zero-order valence-corrected chi connectivity index (χ0v) is 12.2. The summed E-state index contributed by atoms with van der Waals surface area (Å²) in [6.45, 7) is 0.791. The number of hydrogen-bond acceptors (Lipinski definition) is 3. The summed E-state index contributed by atoms with van der Waals surface area (Å²) in [6.07, 6.45) is 5.55. The predicted octanol–water partition coefficient (Wildman–Crippen LogP) is 3.03. The summed E-state index contributed by atoms with van der Waals surface area (Å²) in [6, 6.07) is 5.83. The quantitative estimate of drug-likeness (QED) is 0.856. The predicted molar refractivity (Wildman–Crippen MR) is 80.4 cm³/mol. The van der Waals surface area contributed by atoms with Gasteiger partial charge >= 0.3 is 0 Å². The van der Waals surface area contributed by atoms with Gasteiger partial charge < -0.3 is 15.0 Å². The third-order valence-corrected chi connectivity index (χ3v) is 4.70. The van der Waals surface area contributed by atoms with E-state index in [1.165, 1.54) is 6.42 Å². The second-order valence-corrected chi connectivity index (χ2v) is 6.03. The highest BCUT2D eigenvalue weighted by molar-refractivity contribution is 6.00. The molecule has 0 bridgehead atoms. The van der Waals surface area contributed by atoms with Crippen LogP contribution in [0, 0.1) is 5.41 Å². The van der Waals surface area contributed by atoms with Gasteiger partial charge in [-0.25, -0.2) is 0 Å². The average molecular weight is 274 g/mol. The van der Waals surface area contributed by atoms with Crippen molar-refractivity contribution in [1.82, 2.24) is 0 Å². The minimum absolute atomic E-state index is 0.188. The fourth-order valence-corrected chi connectivity index (χ4v) is 3.54. The molecule has 4 heteroatoms. The Balaban J connectivity index is 1.97. The molecule has 0 saturated heterocycles. The SMILES string of the molecule is COc1ccc2c(c1)N(C)CC1(CCCCC1)C(=O)N2. The van der Waals surface area contributed by atoms with Gasteiger partial charge in [-0.3, -0.25) is 4.79 Å². The van der Waals surface area contributed by atoms with Gasteiger partial charge in [0.15, 0.2) is 0 Å². The van der Waals surface area contributed by atoms with Gasteiger partial charge in [0.2, 0.25) is 5.91 Å². The maximum absolute atomic E-state index is 12.7. The number of carbonyl (C=O) groups is 1. The van der Waals surface area contributed by atoms with Crippen LogP contribution in [0.5, 0.6) is 5.75 Å². The number of carbonyl (C=O) groups excluding carboxylic acids is 1. The standard InChI is InChI=1S/C16H22N2O2/c1-18-11-16(8-4-3-5-9-16)15(19)17-13-7-6-12(20-2)10-14(13)18/h6-7,10H,3-5,8-9,11H2,1-2H3,(H,17,19). The number of nitrogens with zero attached hydrogens (tertiary/aromatic N) is 1. The molecule has 1 N–H and O–H groups in total. The molecule has 1 spiro atoms. The molecule has 108 valence electrons.